The molecule has 34 heavy (non-hydrogen) atoms. The van der Waals surface area contributed by atoms with Crippen LogP contribution in [0.25, 0.3) is 0 Å². The van der Waals surface area contributed by atoms with E-state index in [0.29, 0.717) is 5.70 Å². The fourth-order valence-corrected chi connectivity index (χ4v) is 5.28. The Morgan fingerprint density at radius 3 is 2.00 bits per heavy atom. The molecule has 0 spiro atoms. The molecule has 0 N–H and O–H groups in total. The first kappa shape index (κ1) is 20.3. The molecule has 0 amide bonds. The van der Waals surface area contributed by atoms with Crippen LogP contribution < -0.4 is 9.80 Å². The average molecular weight is 441 g/mol. The molecule has 0 fully saturated rings. The number of aliphatic imine (C=N–C) groups is 1. The Morgan fingerprint density at radius 2 is 1.38 bits per heavy atom. The minimum absolute atomic E-state index is 0.124. The minimum Gasteiger partial charge on any atom is -0.330 e. The molecule has 3 aromatic carbocycles. The van der Waals surface area contributed by atoms with Crippen LogP contribution in [0.4, 0.5) is 28.4 Å². The van der Waals surface area contributed by atoms with Gasteiger partial charge in [-0.1, -0.05) is 66.8 Å². The van der Waals surface area contributed by atoms with E-state index >= 15 is 0 Å². The van der Waals surface area contributed by atoms with Crippen LogP contribution in [0.15, 0.2) is 120 Å². The molecule has 4 heteroatoms. The Balaban J connectivity index is 1.48. The van der Waals surface area contributed by atoms with Gasteiger partial charge in [0.1, 0.15) is 11.8 Å². The monoisotopic (exact) mass is 440 g/mol. The number of benzene rings is 3. The van der Waals surface area contributed by atoms with Crippen LogP contribution in [0.2, 0.25) is 0 Å². The molecule has 2 aliphatic heterocycles. The van der Waals surface area contributed by atoms with Crippen molar-refractivity contribution in [3.63, 3.8) is 0 Å². The number of hydrogen-bond acceptors (Lipinski definition) is 4. The summed E-state index contributed by atoms with van der Waals surface area (Å²) in [6, 6.07) is 30.1. The van der Waals surface area contributed by atoms with Gasteiger partial charge in [0.25, 0.3) is 0 Å². The largest absolute Gasteiger partial charge is 0.330 e. The van der Waals surface area contributed by atoms with Crippen LogP contribution in [0.1, 0.15) is 6.42 Å². The molecular weight excluding hydrogens is 416 g/mol. The second-order valence-electron chi connectivity index (χ2n) is 8.74. The van der Waals surface area contributed by atoms with Crippen molar-refractivity contribution in [1.82, 2.24) is 0 Å². The topological polar surface area (TPSA) is 42.6 Å². The average Bonchev–Trinajstić information content (AvgIpc) is 2.92. The molecule has 0 saturated carbocycles. The second-order valence-corrected chi connectivity index (χ2v) is 8.74. The molecule has 164 valence electrons. The molecule has 3 aromatic rings. The third-order valence-electron chi connectivity index (χ3n) is 6.82. The number of nitriles is 1. The Bertz CT molecular complexity index is 1330. The van der Waals surface area contributed by atoms with Gasteiger partial charge in [-0.2, -0.15) is 5.26 Å². The van der Waals surface area contributed by atoms with Gasteiger partial charge in [0, 0.05) is 23.7 Å². The van der Waals surface area contributed by atoms with Crippen molar-refractivity contribution in [3.05, 3.63) is 115 Å². The van der Waals surface area contributed by atoms with Gasteiger partial charge in [-0.3, -0.25) is 0 Å². The van der Waals surface area contributed by atoms with E-state index in [-0.39, 0.29) is 17.9 Å². The summed E-state index contributed by atoms with van der Waals surface area (Å²) in [6.07, 6.45) is 13.6. The van der Waals surface area contributed by atoms with Gasteiger partial charge in [0.15, 0.2) is 0 Å². The van der Waals surface area contributed by atoms with Crippen LogP contribution in [0, 0.1) is 23.2 Å². The fraction of sp³-hybridized carbons (Fsp3) is 0.133. The molecule has 0 saturated heterocycles. The van der Waals surface area contributed by atoms with Crippen molar-refractivity contribution in [1.29, 1.82) is 5.26 Å². The lowest BCUT2D eigenvalue weighted by molar-refractivity contribution is 0.456. The highest BCUT2D eigenvalue weighted by Crippen LogP contribution is 2.53. The summed E-state index contributed by atoms with van der Waals surface area (Å²) < 4.78 is 0. The zero-order chi connectivity index (χ0) is 22.9. The number of nitrogens with zero attached hydrogens (tertiary/aromatic N) is 4. The zero-order valence-electron chi connectivity index (χ0n) is 18.7. The van der Waals surface area contributed by atoms with Gasteiger partial charge < -0.3 is 9.80 Å². The molecule has 4 nitrogen and oxygen atoms in total. The van der Waals surface area contributed by atoms with Crippen LogP contribution in [0.5, 0.6) is 0 Å². The summed E-state index contributed by atoms with van der Waals surface area (Å²) in [5.41, 5.74) is 6.35. The predicted octanol–water partition coefficient (Wildman–Crippen LogP) is 7.22. The van der Waals surface area contributed by atoms with E-state index in [1.165, 1.54) is 11.4 Å². The summed E-state index contributed by atoms with van der Waals surface area (Å²) in [5.74, 6) is 0.462. The van der Waals surface area contributed by atoms with E-state index in [0.717, 1.165) is 23.5 Å². The van der Waals surface area contributed by atoms with Crippen molar-refractivity contribution in [2.75, 3.05) is 9.80 Å². The smallest absolute Gasteiger partial charge is 0.136 e. The van der Waals surface area contributed by atoms with Gasteiger partial charge in [0.2, 0.25) is 0 Å². The molecule has 2 heterocycles. The lowest BCUT2D eigenvalue weighted by Gasteiger charge is -2.46. The van der Waals surface area contributed by atoms with Gasteiger partial charge in [-0.15, -0.1) is 0 Å². The Labute approximate surface area is 200 Å². The third kappa shape index (κ3) is 3.34. The van der Waals surface area contributed by atoms with E-state index in [2.05, 4.69) is 124 Å². The normalized spacial score (nSPS) is 22.6. The Kier molecular flexibility index (Phi) is 5.08. The third-order valence-corrected chi connectivity index (χ3v) is 6.82. The van der Waals surface area contributed by atoms with Gasteiger partial charge in [0.05, 0.1) is 28.8 Å². The Hall–Kier alpha value is -4.36. The summed E-state index contributed by atoms with van der Waals surface area (Å²) in [6.45, 7) is 0. The molecule has 1 aliphatic carbocycles. The van der Waals surface area contributed by atoms with Crippen LogP contribution in [-0.2, 0) is 0 Å². The number of anilines is 5. The fourth-order valence-electron chi connectivity index (χ4n) is 5.28. The van der Waals surface area contributed by atoms with Crippen LogP contribution in [0.3, 0.4) is 0 Å². The second kappa shape index (κ2) is 8.53. The van der Waals surface area contributed by atoms with Crippen LogP contribution >= 0.6 is 0 Å². The number of fused-ring (bicyclic) bond motifs is 2. The quantitative estimate of drug-likeness (QED) is 0.432. The first-order valence-corrected chi connectivity index (χ1v) is 11.7. The molecule has 0 radical (unpaired) electrons. The lowest BCUT2D eigenvalue weighted by Crippen LogP contribution is -2.42. The summed E-state index contributed by atoms with van der Waals surface area (Å²) in [4.78, 5) is 9.24. The maximum atomic E-state index is 9.21. The SMILES string of the molecule is N#CC1=CCC(C2C=CC=CC2N2c3ccccc3N(c3ccccc3)c3ccccc32)C=N1. The molecule has 0 aromatic heterocycles. The number of para-hydroxylation sites is 5. The number of allylic oxidation sites excluding steroid dienone is 4. The first-order valence-electron chi connectivity index (χ1n) is 11.7. The lowest BCUT2D eigenvalue weighted by atomic mass is 9.79. The highest BCUT2D eigenvalue weighted by molar-refractivity contribution is 5.98. The van der Waals surface area contributed by atoms with Gasteiger partial charge in [-0.25, -0.2) is 4.99 Å². The van der Waals surface area contributed by atoms with Gasteiger partial charge in [-0.05, 0) is 48.9 Å². The molecule has 0 bridgehead atoms. The van der Waals surface area contributed by atoms with E-state index in [9.17, 15) is 5.26 Å². The van der Waals surface area contributed by atoms with Crippen molar-refractivity contribution in [3.8, 4) is 6.07 Å². The molecular formula is C30H24N4. The first-order chi connectivity index (χ1) is 16.8. The molecule has 6 rings (SSSR count). The van der Waals surface area contributed by atoms with Crippen molar-refractivity contribution < 1.29 is 0 Å². The van der Waals surface area contributed by atoms with Crippen molar-refractivity contribution >= 4 is 34.7 Å². The van der Waals surface area contributed by atoms with Gasteiger partial charge >= 0.3 is 0 Å². The predicted molar refractivity (Wildman–Crippen MR) is 139 cm³/mol. The number of hydrogen-bond donors (Lipinski definition) is 0. The van der Waals surface area contributed by atoms with E-state index in [4.69, 9.17) is 0 Å². The molecule has 3 aliphatic rings. The van der Waals surface area contributed by atoms with Crippen molar-refractivity contribution in [2.24, 2.45) is 16.8 Å². The molecule has 3 atom stereocenters. The highest BCUT2D eigenvalue weighted by Gasteiger charge is 2.37. The number of rotatable bonds is 3. The van der Waals surface area contributed by atoms with E-state index < -0.39 is 0 Å². The summed E-state index contributed by atoms with van der Waals surface area (Å²) in [7, 11) is 0. The maximum absolute atomic E-state index is 9.21. The standard InChI is InChI=1S/C30H24N4/c31-20-23-19-18-22(21-32-23)25-12-4-5-13-26(25)34-29-16-8-6-14-27(29)33(24-10-2-1-3-11-24)28-15-7-9-17-30(28)34/h1-17,19,21-22,25-26H,18H2. The summed E-state index contributed by atoms with van der Waals surface area (Å²) in [5, 5.41) is 9.21. The minimum atomic E-state index is 0.124. The van der Waals surface area contributed by atoms with Crippen molar-refractivity contribution in [2.45, 2.75) is 12.5 Å². The zero-order valence-corrected chi connectivity index (χ0v) is 18.7. The summed E-state index contributed by atoms with van der Waals surface area (Å²) >= 11 is 0. The van der Waals surface area contributed by atoms with E-state index in [1.807, 2.05) is 12.3 Å². The highest BCUT2D eigenvalue weighted by atomic mass is 15.3. The van der Waals surface area contributed by atoms with E-state index in [1.54, 1.807) is 0 Å². The Morgan fingerprint density at radius 1 is 0.765 bits per heavy atom. The molecule has 3 unspecified atom stereocenters. The van der Waals surface area contributed by atoms with Crippen LogP contribution in [-0.4, -0.2) is 12.3 Å². The maximum Gasteiger partial charge on any atom is 0.136 e.